The van der Waals surface area contributed by atoms with Crippen molar-refractivity contribution in [3.63, 3.8) is 0 Å². The predicted molar refractivity (Wildman–Crippen MR) is 97.5 cm³/mol. The van der Waals surface area contributed by atoms with Crippen molar-refractivity contribution in [3.8, 4) is 5.75 Å². The Balaban J connectivity index is 1.53. The Morgan fingerprint density at radius 1 is 1.28 bits per heavy atom. The number of likely N-dealkylation sites (tertiary alicyclic amines) is 1. The molecule has 1 amide bonds. The van der Waals surface area contributed by atoms with E-state index in [0.29, 0.717) is 5.56 Å². The summed E-state index contributed by atoms with van der Waals surface area (Å²) in [5.74, 6) is -0.140. The second kappa shape index (κ2) is 8.12. The molecule has 0 saturated carbocycles. The van der Waals surface area contributed by atoms with E-state index in [1.807, 2.05) is 37.4 Å². The number of carbonyl (C=O) groups is 1. The lowest BCUT2D eigenvalue weighted by Gasteiger charge is -2.32. The molecule has 1 aliphatic rings. The minimum absolute atomic E-state index is 0.0438. The molecule has 132 valence electrons. The molecule has 0 unspecified atom stereocenters. The Morgan fingerprint density at radius 2 is 2.08 bits per heavy atom. The highest BCUT2D eigenvalue weighted by molar-refractivity contribution is 5.97. The number of carbonyl (C=O) groups excluding carboxylic acids is 1. The first-order valence-corrected chi connectivity index (χ1v) is 8.90. The number of phenolic OH excluding ortho intramolecular Hbond substituents is 1. The summed E-state index contributed by atoms with van der Waals surface area (Å²) in [6, 6.07) is 11.3. The van der Waals surface area contributed by atoms with Crippen LogP contribution in [0.3, 0.4) is 0 Å². The van der Waals surface area contributed by atoms with Crippen LogP contribution in [-0.2, 0) is 13.0 Å². The number of nitrogens with one attached hydrogen (secondary N) is 1. The number of aromatic nitrogens is 1. The van der Waals surface area contributed by atoms with Crippen LogP contribution in [0.25, 0.3) is 0 Å². The van der Waals surface area contributed by atoms with Crippen molar-refractivity contribution in [1.29, 1.82) is 0 Å². The van der Waals surface area contributed by atoms with Crippen molar-refractivity contribution < 1.29 is 9.90 Å². The highest BCUT2D eigenvalue weighted by Crippen LogP contribution is 2.20. The van der Waals surface area contributed by atoms with E-state index >= 15 is 0 Å². The summed E-state index contributed by atoms with van der Waals surface area (Å²) in [6.45, 7) is 4.75. The third-order valence-corrected chi connectivity index (χ3v) is 4.75. The molecule has 25 heavy (non-hydrogen) atoms. The molecule has 2 aromatic rings. The third kappa shape index (κ3) is 4.57. The lowest BCUT2D eigenvalue weighted by Crippen LogP contribution is -2.44. The molecule has 0 spiro atoms. The predicted octanol–water partition coefficient (Wildman–Crippen LogP) is 2.74. The van der Waals surface area contributed by atoms with E-state index in [9.17, 15) is 9.90 Å². The standard InChI is InChI=1S/C20H25N3O2/c1-2-15-6-7-19(24)18(13-15)20(25)22-16-8-11-23(12-9-16)14-17-5-3-4-10-21-17/h3-7,10,13,16,24H,2,8-9,11-12,14H2,1H3,(H,22,25). The van der Waals surface area contributed by atoms with Gasteiger partial charge in [0.25, 0.3) is 5.91 Å². The third-order valence-electron chi connectivity index (χ3n) is 4.75. The van der Waals surface area contributed by atoms with Crippen LogP contribution in [0.1, 0.15) is 41.4 Å². The van der Waals surface area contributed by atoms with Gasteiger partial charge in [0.2, 0.25) is 0 Å². The lowest BCUT2D eigenvalue weighted by atomic mass is 10.0. The van der Waals surface area contributed by atoms with Crippen LogP contribution in [0.15, 0.2) is 42.6 Å². The summed E-state index contributed by atoms with van der Waals surface area (Å²) in [7, 11) is 0. The number of hydrogen-bond acceptors (Lipinski definition) is 4. The van der Waals surface area contributed by atoms with Gasteiger partial charge in [0.05, 0.1) is 11.3 Å². The van der Waals surface area contributed by atoms with E-state index < -0.39 is 0 Å². The number of hydrogen-bond donors (Lipinski definition) is 2. The van der Waals surface area contributed by atoms with Gasteiger partial charge in [0, 0.05) is 31.9 Å². The van der Waals surface area contributed by atoms with E-state index in [1.165, 1.54) is 0 Å². The second-order valence-corrected chi connectivity index (χ2v) is 6.55. The van der Waals surface area contributed by atoms with Gasteiger partial charge in [-0.3, -0.25) is 14.7 Å². The Labute approximate surface area is 148 Å². The van der Waals surface area contributed by atoms with Crippen LogP contribution in [0.2, 0.25) is 0 Å². The number of nitrogens with zero attached hydrogens (tertiary/aromatic N) is 2. The number of rotatable bonds is 5. The Hall–Kier alpha value is -2.40. The molecule has 2 heterocycles. The number of piperidine rings is 1. The number of pyridine rings is 1. The number of amides is 1. The van der Waals surface area contributed by atoms with Crippen molar-refractivity contribution in [2.45, 2.75) is 38.8 Å². The number of phenols is 1. The van der Waals surface area contributed by atoms with Crippen molar-refractivity contribution in [3.05, 3.63) is 59.4 Å². The first-order valence-electron chi connectivity index (χ1n) is 8.90. The number of aryl methyl sites for hydroxylation is 1. The van der Waals surface area contributed by atoms with E-state index in [0.717, 1.165) is 50.2 Å². The number of benzene rings is 1. The van der Waals surface area contributed by atoms with E-state index in [1.54, 1.807) is 12.1 Å². The van der Waals surface area contributed by atoms with Gasteiger partial charge in [-0.15, -0.1) is 0 Å². The molecule has 1 aromatic carbocycles. The molecule has 0 atom stereocenters. The first-order chi connectivity index (χ1) is 12.2. The molecule has 5 nitrogen and oxygen atoms in total. The average Bonchev–Trinajstić information content (AvgIpc) is 2.64. The molecule has 1 saturated heterocycles. The molecule has 1 aliphatic heterocycles. The largest absolute Gasteiger partial charge is 0.507 e. The zero-order chi connectivity index (χ0) is 17.6. The van der Waals surface area contributed by atoms with E-state index in [2.05, 4.69) is 15.2 Å². The monoisotopic (exact) mass is 339 g/mol. The fourth-order valence-electron chi connectivity index (χ4n) is 3.20. The molecule has 1 aromatic heterocycles. The zero-order valence-electron chi connectivity index (χ0n) is 14.6. The van der Waals surface area contributed by atoms with Crippen molar-refractivity contribution in [1.82, 2.24) is 15.2 Å². The molecule has 1 fully saturated rings. The summed E-state index contributed by atoms with van der Waals surface area (Å²) >= 11 is 0. The highest BCUT2D eigenvalue weighted by atomic mass is 16.3. The van der Waals surface area contributed by atoms with Gasteiger partial charge >= 0.3 is 0 Å². The topological polar surface area (TPSA) is 65.5 Å². The van der Waals surface area contributed by atoms with Gasteiger partial charge in [-0.05, 0) is 49.1 Å². The molecule has 0 radical (unpaired) electrons. The Bertz CT molecular complexity index is 710. The van der Waals surface area contributed by atoms with Crippen molar-refractivity contribution >= 4 is 5.91 Å². The highest BCUT2D eigenvalue weighted by Gasteiger charge is 2.22. The molecular weight excluding hydrogens is 314 g/mol. The quantitative estimate of drug-likeness (QED) is 0.879. The number of aromatic hydroxyl groups is 1. The molecular formula is C20H25N3O2. The first kappa shape index (κ1) is 17.4. The van der Waals surface area contributed by atoms with Crippen molar-refractivity contribution in [2.24, 2.45) is 0 Å². The van der Waals surface area contributed by atoms with Gasteiger partial charge in [-0.25, -0.2) is 0 Å². The minimum atomic E-state index is -0.184. The SMILES string of the molecule is CCc1ccc(O)c(C(=O)NC2CCN(Cc3ccccn3)CC2)c1. The van der Waals surface area contributed by atoms with Gasteiger partial charge in [0.15, 0.2) is 0 Å². The maximum absolute atomic E-state index is 12.5. The Kier molecular flexibility index (Phi) is 5.66. The van der Waals surface area contributed by atoms with Crippen LogP contribution >= 0.6 is 0 Å². The normalized spacial score (nSPS) is 15.9. The maximum atomic E-state index is 12.5. The van der Waals surface area contributed by atoms with E-state index in [4.69, 9.17) is 0 Å². The van der Waals surface area contributed by atoms with Crippen LogP contribution in [-0.4, -0.2) is 40.0 Å². The van der Waals surface area contributed by atoms with Crippen LogP contribution < -0.4 is 5.32 Å². The van der Waals surface area contributed by atoms with Crippen LogP contribution in [0, 0.1) is 0 Å². The summed E-state index contributed by atoms with van der Waals surface area (Å²) in [5, 5.41) is 13.0. The van der Waals surface area contributed by atoms with Crippen LogP contribution in [0.4, 0.5) is 0 Å². The maximum Gasteiger partial charge on any atom is 0.255 e. The van der Waals surface area contributed by atoms with Crippen LogP contribution in [0.5, 0.6) is 5.75 Å². The molecule has 0 bridgehead atoms. The Morgan fingerprint density at radius 3 is 2.76 bits per heavy atom. The average molecular weight is 339 g/mol. The zero-order valence-corrected chi connectivity index (χ0v) is 14.6. The second-order valence-electron chi connectivity index (χ2n) is 6.55. The lowest BCUT2D eigenvalue weighted by molar-refractivity contribution is 0.0905. The summed E-state index contributed by atoms with van der Waals surface area (Å²) in [5.41, 5.74) is 2.50. The summed E-state index contributed by atoms with van der Waals surface area (Å²) in [4.78, 5) is 19.2. The van der Waals surface area contributed by atoms with Gasteiger partial charge in [-0.1, -0.05) is 19.1 Å². The molecule has 2 N–H and O–H groups in total. The van der Waals surface area contributed by atoms with Gasteiger partial charge in [-0.2, -0.15) is 0 Å². The molecule has 5 heteroatoms. The molecule has 0 aliphatic carbocycles. The molecule has 3 rings (SSSR count). The van der Waals surface area contributed by atoms with Gasteiger partial charge in [0.1, 0.15) is 5.75 Å². The van der Waals surface area contributed by atoms with E-state index in [-0.39, 0.29) is 17.7 Å². The van der Waals surface area contributed by atoms with Gasteiger partial charge < -0.3 is 10.4 Å². The fraction of sp³-hybridized carbons (Fsp3) is 0.400. The fourth-order valence-corrected chi connectivity index (χ4v) is 3.20. The minimum Gasteiger partial charge on any atom is -0.507 e. The smallest absolute Gasteiger partial charge is 0.255 e. The summed E-state index contributed by atoms with van der Waals surface area (Å²) in [6.07, 6.45) is 4.48. The summed E-state index contributed by atoms with van der Waals surface area (Å²) < 4.78 is 0. The van der Waals surface area contributed by atoms with Crippen molar-refractivity contribution in [2.75, 3.05) is 13.1 Å².